The van der Waals surface area contributed by atoms with Crippen LogP contribution in [0, 0.1) is 0 Å². The third kappa shape index (κ3) is 3.02. The molecule has 1 saturated heterocycles. The number of rotatable bonds is 3. The molecule has 2 aromatic heterocycles. The summed E-state index contributed by atoms with van der Waals surface area (Å²) >= 11 is 1.72. The number of hydrogen-bond donors (Lipinski definition) is 0. The zero-order chi connectivity index (χ0) is 16.4. The summed E-state index contributed by atoms with van der Waals surface area (Å²) in [6.07, 6.45) is 0. The van der Waals surface area contributed by atoms with E-state index in [2.05, 4.69) is 52.9 Å². The van der Waals surface area contributed by atoms with Crippen molar-refractivity contribution < 1.29 is 4.84 Å². The van der Waals surface area contributed by atoms with E-state index >= 15 is 0 Å². The predicted octanol–water partition coefficient (Wildman–Crippen LogP) is 4.04. The Hall–Kier alpha value is -1.95. The van der Waals surface area contributed by atoms with Crippen molar-refractivity contribution in [2.45, 2.75) is 6.92 Å². The Morgan fingerprint density at radius 3 is 2.92 bits per heavy atom. The summed E-state index contributed by atoms with van der Waals surface area (Å²) in [7, 11) is 0. The number of fused-ring (bicyclic) bond motifs is 1. The average Bonchev–Trinajstić information content (AvgIpc) is 3.05. The minimum absolute atomic E-state index is 0.704. The Labute approximate surface area is 146 Å². The van der Waals surface area contributed by atoms with E-state index in [-0.39, 0.29) is 0 Å². The minimum atomic E-state index is 0.704. The lowest BCUT2D eigenvalue weighted by atomic mass is 10.0. The van der Waals surface area contributed by atoms with Crippen LogP contribution in [0.4, 0.5) is 5.82 Å². The molecule has 3 heterocycles. The van der Waals surface area contributed by atoms with Crippen LogP contribution in [0.2, 0.25) is 0 Å². The van der Waals surface area contributed by atoms with Crippen LogP contribution >= 0.6 is 11.3 Å². The van der Waals surface area contributed by atoms with E-state index < -0.39 is 0 Å². The Morgan fingerprint density at radius 1 is 1.17 bits per heavy atom. The number of benzene rings is 1. The van der Waals surface area contributed by atoms with Gasteiger partial charge in [-0.3, -0.25) is 9.74 Å². The van der Waals surface area contributed by atoms with Crippen molar-refractivity contribution in [3.8, 4) is 11.1 Å². The first-order valence-corrected chi connectivity index (χ1v) is 9.34. The van der Waals surface area contributed by atoms with Crippen LogP contribution in [-0.4, -0.2) is 42.7 Å². The van der Waals surface area contributed by atoms with Gasteiger partial charge in [-0.2, -0.15) is 11.3 Å². The van der Waals surface area contributed by atoms with Crippen molar-refractivity contribution in [2.75, 3.05) is 37.8 Å². The SMILES string of the molecule is CCN1CCON(c2cc(-c3ccsc3)c3ccccc3n2)CC1. The molecule has 4 nitrogen and oxygen atoms in total. The van der Waals surface area contributed by atoms with Crippen LogP contribution in [0.1, 0.15) is 6.92 Å². The molecule has 5 heteroatoms. The number of pyridine rings is 1. The number of likely N-dealkylation sites (N-methyl/N-ethyl adjacent to an activating group) is 1. The van der Waals surface area contributed by atoms with Crippen molar-refractivity contribution >= 4 is 28.1 Å². The highest BCUT2D eigenvalue weighted by atomic mass is 32.1. The van der Waals surface area contributed by atoms with Crippen LogP contribution < -0.4 is 5.06 Å². The van der Waals surface area contributed by atoms with Crippen molar-refractivity contribution in [2.24, 2.45) is 0 Å². The van der Waals surface area contributed by atoms with Crippen molar-refractivity contribution in [1.82, 2.24) is 9.88 Å². The maximum absolute atomic E-state index is 5.97. The molecule has 1 aliphatic heterocycles. The van der Waals surface area contributed by atoms with Crippen molar-refractivity contribution in [3.63, 3.8) is 0 Å². The largest absolute Gasteiger partial charge is 0.299 e. The Morgan fingerprint density at radius 2 is 2.08 bits per heavy atom. The molecule has 0 N–H and O–H groups in total. The van der Waals surface area contributed by atoms with Gasteiger partial charge in [0.05, 0.1) is 18.7 Å². The maximum atomic E-state index is 5.97. The molecule has 0 aliphatic carbocycles. The summed E-state index contributed by atoms with van der Waals surface area (Å²) in [4.78, 5) is 13.2. The topological polar surface area (TPSA) is 28.6 Å². The van der Waals surface area contributed by atoms with E-state index in [1.54, 1.807) is 11.3 Å². The molecule has 24 heavy (non-hydrogen) atoms. The van der Waals surface area contributed by atoms with Crippen LogP contribution in [-0.2, 0) is 4.84 Å². The lowest BCUT2D eigenvalue weighted by Gasteiger charge is -2.22. The Bertz CT molecular complexity index is 819. The summed E-state index contributed by atoms with van der Waals surface area (Å²) in [5.41, 5.74) is 3.47. The molecular formula is C19H21N3OS. The summed E-state index contributed by atoms with van der Waals surface area (Å²) in [5, 5.41) is 7.45. The first-order chi connectivity index (χ1) is 11.8. The highest BCUT2D eigenvalue weighted by Gasteiger charge is 2.18. The van der Waals surface area contributed by atoms with Gasteiger partial charge in [-0.15, -0.1) is 0 Å². The summed E-state index contributed by atoms with van der Waals surface area (Å²) < 4.78 is 0. The third-order valence-electron chi connectivity index (χ3n) is 4.51. The average molecular weight is 339 g/mol. The molecular weight excluding hydrogens is 318 g/mol. The maximum Gasteiger partial charge on any atom is 0.153 e. The number of hydrogen-bond acceptors (Lipinski definition) is 5. The summed E-state index contributed by atoms with van der Waals surface area (Å²) in [5.74, 6) is 0.896. The van der Waals surface area contributed by atoms with Gasteiger partial charge in [-0.25, -0.2) is 10.0 Å². The second-order valence-electron chi connectivity index (χ2n) is 5.93. The minimum Gasteiger partial charge on any atom is -0.299 e. The molecule has 1 fully saturated rings. The van der Waals surface area contributed by atoms with Crippen molar-refractivity contribution in [1.29, 1.82) is 0 Å². The van der Waals surface area contributed by atoms with Crippen LogP contribution in [0.25, 0.3) is 22.0 Å². The fourth-order valence-corrected chi connectivity index (χ4v) is 3.79. The molecule has 0 radical (unpaired) electrons. The predicted molar refractivity (Wildman–Crippen MR) is 100 cm³/mol. The highest BCUT2D eigenvalue weighted by molar-refractivity contribution is 7.08. The van der Waals surface area contributed by atoms with Gasteiger partial charge in [0.15, 0.2) is 5.82 Å². The monoisotopic (exact) mass is 339 g/mol. The summed E-state index contributed by atoms with van der Waals surface area (Å²) in [6.45, 7) is 6.76. The van der Waals surface area contributed by atoms with E-state index in [4.69, 9.17) is 9.82 Å². The first kappa shape index (κ1) is 15.6. The fourth-order valence-electron chi connectivity index (χ4n) is 3.13. The van der Waals surface area contributed by atoms with Crippen LogP contribution in [0.5, 0.6) is 0 Å². The quantitative estimate of drug-likeness (QED) is 0.720. The lowest BCUT2D eigenvalue weighted by molar-refractivity contribution is 0.116. The molecule has 0 atom stereocenters. The van der Waals surface area contributed by atoms with Gasteiger partial charge < -0.3 is 0 Å². The number of thiophene rings is 1. The summed E-state index contributed by atoms with van der Waals surface area (Å²) in [6, 6.07) is 12.6. The van der Waals surface area contributed by atoms with Gasteiger partial charge in [-0.05, 0) is 46.6 Å². The first-order valence-electron chi connectivity index (χ1n) is 8.40. The van der Waals surface area contributed by atoms with E-state index in [1.165, 1.54) is 16.5 Å². The molecule has 4 rings (SSSR count). The fraction of sp³-hybridized carbons (Fsp3) is 0.316. The van der Waals surface area contributed by atoms with Crippen LogP contribution in [0.3, 0.4) is 0 Å². The number of aromatic nitrogens is 1. The van der Waals surface area contributed by atoms with Gasteiger partial charge in [0.25, 0.3) is 0 Å². The Kier molecular flexibility index (Phi) is 4.47. The number of para-hydroxylation sites is 1. The normalized spacial score (nSPS) is 16.5. The van der Waals surface area contributed by atoms with Gasteiger partial charge in [0, 0.05) is 18.5 Å². The highest BCUT2D eigenvalue weighted by Crippen LogP contribution is 2.32. The van der Waals surface area contributed by atoms with Gasteiger partial charge in [-0.1, -0.05) is 25.1 Å². The molecule has 0 unspecified atom stereocenters. The van der Waals surface area contributed by atoms with Gasteiger partial charge >= 0.3 is 0 Å². The van der Waals surface area contributed by atoms with E-state index in [0.717, 1.165) is 37.5 Å². The molecule has 0 bridgehead atoms. The van der Waals surface area contributed by atoms with Crippen LogP contribution in [0.15, 0.2) is 47.2 Å². The smallest absolute Gasteiger partial charge is 0.153 e. The number of anilines is 1. The molecule has 0 spiro atoms. The lowest BCUT2D eigenvalue weighted by Crippen LogP contribution is -2.30. The standard InChI is InChI=1S/C19H21N3OS/c1-2-21-8-9-22(23-11-10-21)19-13-17(15-7-12-24-14-15)16-5-3-4-6-18(16)20-19/h3-7,12-14H,2,8-11H2,1H3. The van der Waals surface area contributed by atoms with E-state index in [1.807, 2.05) is 11.1 Å². The molecule has 3 aromatic rings. The second-order valence-corrected chi connectivity index (χ2v) is 6.71. The number of nitrogens with zero attached hydrogens (tertiary/aromatic N) is 3. The molecule has 1 aromatic carbocycles. The van der Waals surface area contributed by atoms with E-state index in [9.17, 15) is 0 Å². The van der Waals surface area contributed by atoms with Gasteiger partial charge in [0.2, 0.25) is 0 Å². The molecule has 124 valence electrons. The Balaban J connectivity index is 1.76. The zero-order valence-corrected chi connectivity index (χ0v) is 14.6. The van der Waals surface area contributed by atoms with E-state index in [0.29, 0.717) is 6.61 Å². The zero-order valence-electron chi connectivity index (χ0n) is 13.8. The number of hydroxylamine groups is 1. The third-order valence-corrected chi connectivity index (χ3v) is 5.19. The molecule has 1 aliphatic rings. The second kappa shape index (κ2) is 6.89. The molecule has 0 saturated carbocycles. The molecule has 0 amide bonds. The van der Waals surface area contributed by atoms with Gasteiger partial charge in [0.1, 0.15) is 0 Å². The van der Waals surface area contributed by atoms with Crippen molar-refractivity contribution in [3.05, 3.63) is 47.2 Å².